The molecule has 0 aromatic heterocycles. The number of rotatable bonds is 12. The lowest BCUT2D eigenvalue weighted by Crippen LogP contribution is -2.39. The van der Waals surface area contributed by atoms with E-state index in [0.717, 1.165) is 38.5 Å². The monoisotopic (exact) mass is 321 g/mol. The van der Waals surface area contributed by atoms with Crippen LogP contribution in [0.5, 0.6) is 0 Å². The first-order chi connectivity index (χ1) is 11.4. The van der Waals surface area contributed by atoms with Crippen LogP contribution >= 0.6 is 0 Å². The predicted octanol–water partition coefficient (Wildman–Crippen LogP) is 2.23. The van der Waals surface area contributed by atoms with Gasteiger partial charge in [0, 0.05) is 26.7 Å². The molecule has 0 heterocycles. The topological polar surface area (TPSA) is 54.9 Å². The number of aliphatic imine (C=N–C) groups is 1. The minimum atomic E-state index is 0.644. The summed E-state index contributed by atoms with van der Waals surface area (Å²) in [4.78, 5) is 4.20. The van der Waals surface area contributed by atoms with Gasteiger partial charge in [-0.2, -0.15) is 0 Å². The Kier molecular flexibility index (Phi) is 11.9. The molecule has 0 fully saturated rings. The molecule has 1 rings (SSSR count). The average molecular weight is 321 g/mol. The van der Waals surface area contributed by atoms with Crippen LogP contribution < -0.4 is 10.6 Å². The molecule has 23 heavy (non-hydrogen) atoms. The van der Waals surface area contributed by atoms with Crippen LogP contribution in [0, 0.1) is 0 Å². The summed E-state index contributed by atoms with van der Waals surface area (Å²) in [6.45, 7) is 6.55. The Labute approximate surface area is 140 Å². The third-order valence-electron chi connectivity index (χ3n) is 3.33. The molecule has 0 atom stereocenters. The number of hydrogen-bond acceptors (Lipinski definition) is 3. The van der Waals surface area contributed by atoms with Gasteiger partial charge in [0.15, 0.2) is 5.96 Å². The van der Waals surface area contributed by atoms with Gasteiger partial charge < -0.3 is 20.1 Å². The number of ether oxygens (including phenoxy) is 2. The number of nitrogens with zero attached hydrogens (tertiary/aromatic N) is 1. The lowest BCUT2D eigenvalue weighted by molar-refractivity contribution is 0.0487. The van der Waals surface area contributed by atoms with Gasteiger partial charge in [0.25, 0.3) is 0 Å². The zero-order chi connectivity index (χ0) is 16.6. The van der Waals surface area contributed by atoms with Gasteiger partial charge >= 0.3 is 0 Å². The van der Waals surface area contributed by atoms with E-state index in [2.05, 4.69) is 46.8 Å². The van der Waals surface area contributed by atoms with Crippen molar-refractivity contribution in [2.75, 3.05) is 46.6 Å². The molecule has 0 aliphatic carbocycles. The first-order valence-electron chi connectivity index (χ1n) is 8.50. The minimum Gasteiger partial charge on any atom is -0.379 e. The van der Waals surface area contributed by atoms with E-state index in [-0.39, 0.29) is 0 Å². The molecule has 0 bridgehead atoms. The number of benzene rings is 1. The maximum Gasteiger partial charge on any atom is 0.191 e. The maximum atomic E-state index is 5.51. The second kappa shape index (κ2) is 14.0. The van der Waals surface area contributed by atoms with E-state index in [0.29, 0.717) is 19.8 Å². The maximum absolute atomic E-state index is 5.51. The van der Waals surface area contributed by atoms with Crippen molar-refractivity contribution in [3.63, 3.8) is 0 Å². The van der Waals surface area contributed by atoms with Gasteiger partial charge in [0.1, 0.15) is 0 Å². The Hall–Kier alpha value is -1.59. The summed E-state index contributed by atoms with van der Waals surface area (Å²) in [6.07, 6.45) is 3.26. The average Bonchev–Trinajstić information content (AvgIpc) is 2.59. The first-order valence-corrected chi connectivity index (χ1v) is 8.50. The summed E-state index contributed by atoms with van der Waals surface area (Å²) in [6, 6.07) is 10.4. The standard InChI is InChI=1S/C18H31N3O2/c1-3-4-13-22-15-16-23-14-12-21-18(19-2)20-11-10-17-8-6-5-7-9-17/h5-9H,3-4,10-16H2,1-2H3,(H2,19,20,21). The van der Waals surface area contributed by atoms with E-state index < -0.39 is 0 Å². The molecular weight excluding hydrogens is 290 g/mol. The van der Waals surface area contributed by atoms with Gasteiger partial charge in [-0.15, -0.1) is 0 Å². The number of nitrogens with one attached hydrogen (secondary N) is 2. The third kappa shape index (κ3) is 10.7. The van der Waals surface area contributed by atoms with Crippen LogP contribution in [0.1, 0.15) is 25.3 Å². The molecule has 5 heteroatoms. The van der Waals surface area contributed by atoms with E-state index >= 15 is 0 Å². The van der Waals surface area contributed by atoms with Crippen LogP contribution in [0.4, 0.5) is 0 Å². The first kappa shape index (κ1) is 19.5. The molecule has 1 aromatic carbocycles. The van der Waals surface area contributed by atoms with E-state index in [1.165, 1.54) is 12.0 Å². The highest BCUT2D eigenvalue weighted by atomic mass is 16.5. The molecular formula is C18H31N3O2. The van der Waals surface area contributed by atoms with Crippen molar-refractivity contribution in [2.24, 2.45) is 4.99 Å². The Morgan fingerprint density at radius 1 is 0.957 bits per heavy atom. The SMILES string of the molecule is CCCCOCCOCCNC(=NC)NCCc1ccccc1. The normalized spacial score (nSPS) is 11.5. The lowest BCUT2D eigenvalue weighted by Gasteiger charge is -2.12. The summed E-state index contributed by atoms with van der Waals surface area (Å²) in [5.74, 6) is 0.809. The second-order valence-electron chi connectivity index (χ2n) is 5.24. The zero-order valence-electron chi connectivity index (χ0n) is 14.5. The van der Waals surface area contributed by atoms with Crippen molar-refractivity contribution in [1.82, 2.24) is 10.6 Å². The summed E-state index contributed by atoms with van der Waals surface area (Å²) in [5.41, 5.74) is 1.32. The smallest absolute Gasteiger partial charge is 0.191 e. The van der Waals surface area contributed by atoms with E-state index in [4.69, 9.17) is 9.47 Å². The van der Waals surface area contributed by atoms with Crippen molar-refractivity contribution < 1.29 is 9.47 Å². The van der Waals surface area contributed by atoms with Crippen molar-refractivity contribution in [1.29, 1.82) is 0 Å². The molecule has 0 aliphatic heterocycles. The molecule has 130 valence electrons. The molecule has 0 unspecified atom stereocenters. The van der Waals surface area contributed by atoms with Crippen molar-refractivity contribution in [3.8, 4) is 0 Å². The summed E-state index contributed by atoms with van der Waals surface area (Å²) in [5, 5.41) is 6.54. The van der Waals surface area contributed by atoms with Gasteiger partial charge in [-0.25, -0.2) is 0 Å². The Balaban J connectivity index is 1.97. The van der Waals surface area contributed by atoms with Crippen molar-refractivity contribution >= 4 is 5.96 Å². The highest BCUT2D eigenvalue weighted by Crippen LogP contribution is 1.97. The van der Waals surface area contributed by atoms with Crippen LogP contribution in [-0.2, 0) is 15.9 Å². The van der Waals surface area contributed by atoms with E-state index in [1.807, 2.05) is 6.07 Å². The van der Waals surface area contributed by atoms with E-state index in [9.17, 15) is 0 Å². The summed E-state index contributed by atoms with van der Waals surface area (Å²) in [7, 11) is 1.78. The molecule has 2 N–H and O–H groups in total. The van der Waals surface area contributed by atoms with Crippen LogP contribution in [0.25, 0.3) is 0 Å². The Bertz CT molecular complexity index is 410. The summed E-state index contributed by atoms with van der Waals surface area (Å²) >= 11 is 0. The Morgan fingerprint density at radius 2 is 1.65 bits per heavy atom. The van der Waals surface area contributed by atoms with Crippen LogP contribution in [0.3, 0.4) is 0 Å². The summed E-state index contributed by atoms with van der Waals surface area (Å²) < 4.78 is 10.9. The molecule has 0 saturated heterocycles. The zero-order valence-corrected chi connectivity index (χ0v) is 14.5. The fraction of sp³-hybridized carbons (Fsp3) is 0.611. The van der Waals surface area contributed by atoms with Gasteiger partial charge in [-0.05, 0) is 18.4 Å². The molecule has 0 spiro atoms. The minimum absolute atomic E-state index is 0.644. The molecule has 0 radical (unpaired) electrons. The van der Waals surface area contributed by atoms with Crippen LogP contribution in [0.2, 0.25) is 0 Å². The van der Waals surface area contributed by atoms with E-state index in [1.54, 1.807) is 7.05 Å². The van der Waals surface area contributed by atoms with Gasteiger partial charge in [0.2, 0.25) is 0 Å². The van der Waals surface area contributed by atoms with Crippen molar-refractivity contribution in [2.45, 2.75) is 26.2 Å². The highest BCUT2D eigenvalue weighted by Gasteiger charge is 1.97. The molecule has 0 saturated carbocycles. The molecule has 0 amide bonds. The molecule has 0 aliphatic rings. The number of unbranched alkanes of at least 4 members (excludes halogenated alkanes) is 1. The van der Waals surface area contributed by atoms with Crippen LogP contribution in [-0.4, -0.2) is 52.5 Å². The quantitative estimate of drug-likeness (QED) is 0.352. The van der Waals surface area contributed by atoms with Gasteiger partial charge in [0.05, 0.1) is 19.8 Å². The second-order valence-corrected chi connectivity index (χ2v) is 5.24. The van der Waals surface area contributed by atoms with Gasteiger partial charge in [-0.3, -0.25) is 4.99 Å². The fourth-order valence-electron chi connectivity index (χ4n) is 2.00. The third-order valence-corrected chi connectivity index (χ3v) is 3.33. The van der Waals surface area contributed by atoms with Crippen molar-refractivity contribution in [3.05, 3.63) is 35.9 Å². The predicted molar refractivity (Wildman–Crippen MR) is 96.1 cm³/mol. The highest BCUT2D eigenvalue weighted by molar-refractivity contribution is 5.79. The lowest BCUT2D eigenvalue weighted by atomic mass is 10.1. The number of guanidine groups is 1. The Morgan fingerprint density at radius 3 is 2.35 bits per heavy atom. The largest absolute Gasteiger partial charge is 0.379 e. The fourth-order valence-corrected chi connectivity index (χ4v) is 2.00. The van der Waals surface area contributed by atoms with Gasteiger partial charge in [-0.1, -0.05) is 43.7 Å². The van der Waals surface area contributed by atoms with Crippen LogP contribution in [0.15, 0.2) is 35.3 Å². The molecule has 5 nitrogen and oxygen atoms in total. The molecule has 1 aromatic rings. The number of hydrogen-bond donors (Lipinski definition) is 2.